The first-order chi connectivity index (χ1) is 11.5. The van der Waals surface area contributed by atoms with Gasteiger partial charge in [-0.3, -0.25) is 4.79 Å². The summed E-state index contributed by atoms with van der Waals surface area (Å²) in [7, 11) is 0. The Morgan fingerprint density at radius 1 is 1.29 bits per heavy atom. The summed E-state index contributed by atoms with van der Waals surface area (Å²) < 4.78 is 5.29. The number of aryl methyl sites for hydroxylation is 3. The van der Waals surface area contributed by atoms with Gasteiger partial charge < -0.3 is 14.7 Å². The van der Waals surface area contributed by atoms with Gasteiger partial charge in [0.1, 0.15) is 5.76 Å². The minimum atomic E-state index is -0.0921. The van der Waals surface area contributed by atoms with Crippen LogP contribution in [0.2, 0.25) is 0 Å². The average Bonchev–Trinajstić information content (AvgIpc) is 3.03. The molecule has 1 N–H and O–H groups in total. The van der Waals surface area contributed by atoms with Crippen molar-refractivity contribution >= 4 is 17.3 Å². The largest absolute Gasteiger partial charge is 0.379 e. The minimum Gasteiger partial charge on any atom is -0.379 e. The van der Waals surface area contributed by atoms with Crippen molar-refractivity contribution in [2.75, 3.05) is 16.8 Å². The lowest BCUT2D eigenvalue weighted by Gasteiger charge is -2.35. The summed E-state index contributed by atoms with van der Waals surface area (Å²) in [5.74, 6) is 0.675. The molecule has 5 nitrogen and oxygen atoms in total. The summed E-state index contributed by atoms with van der Waals surface area (Å²) in [5, 5.41) is 7.53. The monoisotopic (exact) mass is 327 g/mol. The van der Waals surface area contributed by atoms with Crippen LogP contribution in [0.25, 0.3) is 0 Å². The molecule has 0 aliphatic carbocycles. The normalized spacial score (nSPS) is 16.7. The zero-order chi connectivity index (χ0) is 17.3. The first kappa shape index (κ1) is 16.6. The third-order valence-corrected chi connectivity index (χ3v) is 4.68. The van der Waals surface area contributed by atoms with Crippen LogP contribution in [0.1, 0.15) is 54.1 Å². The second-order valence-corrected chi connectivity index (χ2v) is 6.55. The summed E-state index contributed by atoms with van der Waals surface area (Å²) >= 11 is 0. The standard InChI is InChI=1S/C19H25N3O2/c1-5-7-15-10-17(21-24-15)19(23)22-11-14(6-2)20-16-8-12(3)13(4)9-18(16)22/h8-10,14,20H,5-7,11H2,1-4H3. The van der Waals surface area contributed by atoms with E-state index in [1.807, 2.05) is 4.90 Å². The predicted octanol–water partition coefficient (Wildman–Crippen LogP) is 4.09. The van der Waals surface area contributed by atoms with Gasteiger partial charge in [0, 0.05) is 25.1 Å². The molecule has 0 spiro atoms. The molecule has 1 atom stereocenters. The van der Waals surface area contributed by atoms with Crippen LogP contribution < -0.4 is 10.2 Å². The van der Waals surface area contributed by atoms with Crippen LogP contribution in [0, 0.1) is 13.8 Å². The van der Waals surface area contributed by atoms with Gasteiger partial charge >= 0.3 is 0 Å². The van der Waals surface area contributed by atoms with Gasteiger partial charge in [-0.2, -0.15) is 0 Å². The van der Waals surface area contributed by atoms with Crippen LogP contribution >= 0.6 is 0 Å². The van der Waals surface area contributed by atoms with Crippen molar-refractivity contribution in [3.63, 3.8) is 0 Å². The molecular weight excluding hydrogens is 302 g/mol. The van der Waals surface area contributed by atoms with Crippen molar-refractivity contribution in [2.45, 2.75) is 53.0 Å². The molecular formula is C19H25N3O2. The third kappa shape index (κ3) is 3.03. The third-order valence-electron chi connectivity index (χ3n) is 4.68. The molecule has 0 saturated carbocycles. The Kier molecular flexibility index (Phi) is 4.60. The van der Waals surface area contributed by atoms with Crippen molar-refractivity contribution in [1.29, 1.82) is 0 Å². The van der Waals surface area contributed by atoms with Gasteiger partial charge in [0.15, 0.2) is 5.69 Å². The van der Waals surface area contributed by atoms with Gasteiger partial charge in [-0.05, 0) is 49.9 Å². The van der Waals surface area contributed by atoms with Crippen LogP contribution in [-0.4, -0.2) is 23.7 Å². The highest BCUT2D eigenvalue weighted by atomic mass is 16.5. The Bertz CT molecular complexity index is 751. The van der Waals surface area contributed by atoms with Crippen LogP contribution in [0.15, 0.2) is 22.7 Å². The molecule has 1 aromatic carbocycles. The number of rotatable bonds is 4. The summed E-state index contributed by atoms with van der Waals surface area (Å²) in [6.45, 7) is 9.00. The molecule has 1 aliphatic heterocycles. The Morgan fingerprint density at radius 2 is 2.04 bits per heavy atom. The summed E-state index contributed by atoms with van der Waals surface area (Å²) in [5.41, 5.74) is 4.72. The Balaban J connectivity index is 1.97. The van der Waals surface area contributed by atoms with Crippen molar-refractivity contribution in [1.82, 2.24) is 5.16 Å². The molecule has 1 amide bonds. The van der Waals surface area contributed by atoms with E-state index in [4.69, 9.17) is 4.52 Å². The van der Waals surface area contributed by atoms with E-state index in [1.165, 1.54) is 11.1 Å². The van der Waals surface area contributed by atoms with Gasteiger partial charge in [-0.25, -0.2) is 0 Å². The molecule has 0 radical (unpaired) electrons. The first-order valence-corrected chi connectivity index (χ1v) is 8.68. The fourth-order valence-electron chi connectivity index (χ4n) is 3.06. The lowest BCUT2D eigenvalue weighted by Crippen LogP contribution is -2.44. The van der Waals surface area contributed by atoms with Crippen LogP contribution in [0.4, 0.5) is 11.4 Å². The zero-order valence-corrected chi connectivity index (χ0v) is 14.8. The van der Waals surface area contributed by atoms with E-state index in [-0.39, 0.29) is 11.9 Å². The second-order valence-electron chi connectivity index (χ2n) is 6.55. The minimum absolute atomic E-state index is 0.0921. The number of anilines is 2. The summed E-state index contributed by atoms with van der Waals surface area (Å²) in [6.07, 6.45) is 2.72. The molecule has 2 heterocycles. The van der Waals surface area contributed by atoms with E-state index in [2.05, 4.69) is 50.3 Å². The number of carbonyl (C=O) groups excluding carboxylic acids is 1. The lowest BCUT2D eigenvalue weighted by atomic mass is 10.0. The van der Waals surface area contributed by atoms with E-state index < -0.39 is 0 Å². The van der Waals surface area contributed by atoms with Crippen LogP contribution in [0.5, 0.6) is 0 Å². The Labute approximate surface area is 143 Å². The Morgan fingerprint density at radius 3 is 2.75 bits per heavy atom. The first-order valence-electron chi connectivity index (χ1n) is 8.68. The van der Waals surface area contributed by atoms with Gasteiger partial charge in [0.05, 0.1) is 11.4 Å². The number of carbonyl (C=O) groups is 1. The summed E-state index contributed by atoms with van der Waals surface area (Å²) in [4.78, 5) is 14.8. The number of fused-ring (bicyclic) bond motifs is 1. The van der Waals surface area contributed by atoms with E-state index in [1.54, 1.807) is 6.07 Å². The maximum absolute atomic E-state index is 13.0. The molecule has 5 heteroatoms. The number of nitrogens with one attached hydrogen (secondary N) is 1. The number of amides is 1. The van der Waals surface area contributed by atoms with Crippen LogP contribution in [-0.2, 0) is 6.42 Å². The van der Waals surface area contributed by atoms with Gasteiger partial charge in [0.25, 0.3) is 5.91 Å². The number of hydrogen-bond acceptors (Lipinski definition) is 4. The van der Waals surface area contributed by atoms with E-state index in [9.17, 15) is 4.79 Å². The smallest absolute Gasteiger partial charge is 0.280 e. The summed E-state index contributed by atoms with van der Waals surface area (Å²) in [6, 6.07) is 6.22. The SMILES string of the molecule is CCCc1cc(C(=O)N2CC(CC)Nc3cc(C)c(C)cc32)no1. The average molecular weight is 327 g/mol. The molecule has 128 valence electrons. The zero-order valence-electron chi connectivity index (χ0n) is 14.8. The van der Waals surface area contributed by atoms with Gasteiger partial charge in [0.2, 0.25) is 0 Å². The highest BCUT2D eigenvalue weighted by molar-refractivity contribution is 6.07. The van der Waals surface area contributed by atoms with E-state index >= 15 is 0 Å². The Hall–Kier alpha value is -2.30. The molecule has 1 unspecified atom stereocenters. The molecule has 24 heavy (non-hydrogen) atoms. The van der Waals surface area contributed by atoms with Gasteiger partial charge in [-0.15, -0.1) is 0 Å². The molecule has 3 rings (SSSR count). The highest BCUT2D eigenvalue weighted by Gasteiger charge is 2.30. The number of hydrogen-bond donors (Lipinski definition) is 1. The second kappa shape index (κ2) is 6.67. The molecule has 0 bridgehead atoms. The van der Waals surface area contributed by atoms with Crippen LogP contribution in [0.3, 0.4) is 0 Å². The van der Waals surface area contributed by atoms with E-state index in [0.29, 0.717) is 12.2 Å². The van der Waals surface area contributed by atoms with E-state index in [0.717, 1.165) is 36.4 Å². The quantitative estimate of drug-likeness (QED) is 0.918. The fourth-order valence-corrected chi connectivity index (χ4v) is 3.06. The molecule has 0 fully saturated rings. The highest BCUT2D eigenvalue weighted by Crippen LogP contribution is 2.35. The number of nitrogens with zero attached hydrogens (tertiary/aromatic N) is 2. The number of benzene rings is 1. The topological polar surface area (TPSA) is 58.4 Å². The maximum Gasteiger partial charge on any atom is 0.280 e. The molecule has 0 saturated heterocycles. The fraction of sp³-hybridized carbons (Fsp3) is 0.474. The predicted molar refractivity (Wildman–Crippen MR) is 95.8 cm³/mol. The van der Waals surface area contributed by atoms with Crippen molar-refractivity contribution in [3.05, 3.63) is 40.8 Å². The maximum atomic E-state index is 13.0. The molecule has 2 aromatic rings. The number of aromatic nitrogens is 1. The molecule has 1 aromatic heterocycles. The molecule has 1 aliphatic rings. The van der Waals surface area contributed by atoms with Crippen molar-refractivity contribution in [2.24, 2.45) is 0 Å². The van der Waals surface area contributed by atoms with Crippen molar-refractivity contribution in [3.8, 4) is 0 Å². The van der Waals surface area contributed by atoms with Gasteiger partial charge in [-0.1, -0.05) is 19.0 Å². The lowest BCUT2D eigenvalue weighted by molar-refractivity contribution is 0.0976. The van der Waals surface area contributed by atoms with Crippen molar-refractivity contribution < 1.29 is 9.32 Å².